The van der Waals surface area contributed by atoms with E-state index in [1.54, 1.807) is 6.92 Å². The van der Waals surface area contributed by atoms with Gasteiger partial charge in [-0.15, -0.1) is 0 Å². The van der Waals surface area contributed by atoms with Crippen molar-refractivity contribution in [3.63, 3.8) is 0 Å². The van der Waals surface area contributed by atoms with Crippen LogP contribution in [0.15, 0.2) is 36.5 Å². The minimum Gasteiger partial charge on any atom is -0.442 e. The van der Waals surface area contributed by atoms with Crippen LogP contribution in [0.2, 0.25) is 0 Å². The third-order valence-electron chi connectivity index (χ3n) is 4.65. The molecule has 0 N–H and O–H groups in total. The predicted octanol–water partition coefficient (Wildman–Crippen LogP) is 7.59. The number of carbonyl (C=O) groups excluding carboxylic acids is 1. The summed E-state index contributed by atoms with van der Waals surface area (Å²) in [5, 5.41) is 8.87. The van der Waals surface area contributed by atoms with E-state index in [0.717, 1.165) is 25.7 Å². The molecule has 0 bridgehead atoms. The first-order valence-corrected chi connectivity index (χ1v) is 11.2. The predicted molar refractivity (Wildman–Crippen MR) is 119 cm³/mol. The fourth-order valence-electron chi connectivity index (χ4n) is 2.86. The summed E-state index contributed by atoms with van der Waals surface area (Å²) in [5.74, 6) is -0.294. The van der Waals surface area contributed by atoms with Crippen LogP contribution in [0.3, 0.4) is 0 Å². The fourth-order valence-corrected chi connectivity index (χ4v) is 2.86. The lowest BCUT2D eigenvalue weighted by atomic mass is 10.1. The molecule has 0 rings (SSSR count). The normalized spacial score (nSPS) is 12.3. The highest BCUT2D eigenvalue weighted by Gasteiger charge is 2.13. The lowest BCUT2D eigenvalue weighted by molar-refractivity contribution is -0.145. The molecule has 0 radical (unpaired) electrons. The van der Waals surface area contributed by atoms with Crippen LogP contribution in [0.25, 0.3) is 0 Å². The van der Waals surface area contributed by atoms with Gasteiger partial charge in [-0.2, -0.15) is 5.26 Å². The highest BCUT2D eigenvalue weighted by Crippen LogP contribution is 2.12. The standard InChI is InChI=1S/C25H41NO2/c1-4-5-6-7-8-9-10-11-12-13-14-15-16-17-18-19-20-21-25(27)28-24(22-26)23(2)3/h8-9,11-12,24H,2,4-7,10,13-21H2,1,3H3/b9-8-,12-11-. The molecule has 3 heteroatoms. The molecule has 0 fully saturated rings. The second-order valence-corrected chi connectivity index (χ2v) is 7.53. The van der Waals surface area contributed by atoms with Gasteiger partial charge in [0.25, 0.3) is 0 Å². The van der Waals surface area contributed by atoms with Gasteiger partial charge in [0.15, 0.2) is 0 Å². The van der Waals surface area contributed by atoms with Crippen LogP contribution in [-0.2, 0) is 9.53 Å². The summed E-state index contributed by atoms with van der Waals surface area (Å²) >= 11 is 0. The number of unbranched alkanes of at least 4 members (excludes halogenated alkanes) is 10. The van der Waals surface area contributed by atoms with Gasteiger partial charge >= 0.3 is 5.97 Å². The Balaban J connectivity index is 3.40. The third-order valence-corrected chi connectivity index (χ3v) is 4.65. The molecular weight excluding hydrogens is 346 g/mol. The molecule has 0 spiro atoms. The van der Waals surface area contributed by atoms with Crippen molar-refractivity contribution in [2.24, 2.45) is 0 Å². The van der Waals surface area contributed by atoms with E-state index < -0.39 is 6.10 Å². The zero-order valence-corrected chi connectivity index (χ0v) is 18.3. The lowest BCUT2D eigenvalue weighted by Gasteiger charge is -2.10. The smallest absolute Gasteiger partial charge is 0.307 e. The Bertz CT molecular complexity index is 499. The monoisotopic (exact) mass is 387 g/mol. The molecule has 0 amide bonds. The topological polar surface area (TPSA) is 50.1 Å². The van der Waals surface area contributed by atoms with E-state index in [0.29, 0.717) is 12.0 Å². The quantitative estimate of drug-likeness (QED) is 0.138. The van der Waals surface area contributed by atoms with Gasteiger partial charge in [-0.3, -0.25) is 4.79 Å². The van der Waals surface area contributed by atoms with E-state index in [1.165, 1.54) is 57.8 Å². The van der Waals surface area contributed by atoms with Crippen molar-refractivity contribution in [1.29, 1.82) is 5.26 Å². The van der Waals surface area contributed by atoms with Crippen molar-refractivity contribution >= 4 is 5.97 Å². The fraction of sp³-hybridized carbons (Fsp3) is 0.680. The highest BCUT2D eigenvalue weighted by molar-refractivity contribution is 5.70. The second-order valence-electron chi connectivity index (χ2n) is 7.53. The molecule has 28 heavy (non-hydrogen) atoms. The average molecular weight is 388 g/mol. The number of ether oxygens (including phenoxy) is 1. The van der Waals surface area contributed by atoms with Crippen LogP contribution in [0.4, 0.5) is 0 Å². The minimum absolute atomic E-state index is 0.294. The van der Waals surface area contributed by atoms with Crippen LogP contribution in [0, 0.1) is 11.3 Å². The summed E-state index contributed by atoms with van der Waals surface area (Å²) in [6.45, 7) is 7.59. The van der Waals surface area contributed by atoms with Crippen LogP contribution in [0.1, 0.15) is 104 Å². The number of rotatable bonds is 18. The van der Waals surface area contributed by atoms with Crippen LogP contribution >= 0.6 is 0 Å². The van der Waals surface area contributed by atoms with Gasteiger partial charge in [0, 0.05) is 6.42 Å². The summed E-state index contributed by atoms with van der Waals surface area (Å²) in [5.41, 5.74) is 0.574. The second kappa shape index (κ2) is 19.9. The summed E-state index contributed by atoms with van der Waals surface area (Å²) in [6.07, 6.45) is 24.3. The molecule has 0 aromatic carbocycles. The maximum atomic E-state index is 11.7. The number of hydrogen-bond donors (Lipinski definition) is 0. The lowest BCUT2D eigenvalue weighted by Crippen LogP contribution is -2.16. The van der Waals surface area contributed by atoms with Gasteiger partial charge in [0.2, 0.25) is 6.10 Å². The summed E-state index contributed by atoms with van der Waals surface area (Å²) in [4.78, 5) is 11.7. The molecule has 0 heterocycles. The van der Waals surface area contributed by atoms with Crippen molar-refractivity contribution in [1.82, 2.24) is 0 Å². The first-order valence-electron chi connectivity index (χ1n) is 11.2. The molecule has 0 saturated carbocycles. The molecule has 0 saturated heterocycles. The molecule has 0 aliphatic rings. The van der Waals surface area contributed by atoms with E-state index in [1.807, 2.05) is 6.07 Å². The molecule has 0 aliphatic carbocycles. The summed E-state index contributed by atoms with van der Waals surface area (Å²) in [6, 6.07) is 1.94. The van der Waals surface area contributed by atoms with Crippen molar-refractivity contribution in [2.45, 2.75) is 110 Å². The Morgan fingerprint density at radius 1 is 0.929 bits per heavy atom. The Morgan fingerprint density at radius 3 is 2.00 bits per heavy atom. The van der Waals surface area contributed by atoms with Crippen molar-refractivity contribution in [3.8, 4) is 6.07 Å². The molecule has 0 aromatic rings. The van der Waals surface area contributed by atoms with E-state index in [-0.39, 0.29) is 5.97 Å². The summed E-state index contributed by atoms with van der Waals surface area (Å²) in [7, 11) is 0. The van der Waals surface area contributed by atoms with Crippen molar-refractivity contribution < 1.29 is 9.53 Å². The first-order chi connectivity index (χ1) is 13.6. The van der Waals surface area contributed by atoms with Crippen LogP contribution < -0.4 is 0 Å². The number of allylic oxidation sites excluding steroid dienone is 4. The number of carbonyl (C=O) groups is 1. The minimum atomic E-state index is -0.802. The maximum absolute atomic E-state index is 11.7. The number of esters is 1. The number of hydrogen-bond acceptors (Lipinski definition) is 3. The van der Waals surface area contributed by atoms with Gasteiger partial charge in [0.05, 0.1) is 0 Å². The number of nitrogens with zero attached hydrogens (tertiary/aromatic N) is 1. The Hall–Kier alpha value is -1.82. The average Bonchev–Trinajstić information content (AvgIpc) is 2.68. The largest absolute Gasteiger partial charge is 0.442 e. The van der Waals surface area contributed by atoms with Gasteiger partial charge in [-0.05, 0) is 51.0 Å². The van der Waals surface area contributed by atoms with Crippen molar-refractivity contribution in [2.75, 3.05) is 0 Å². The Morgan fingerprint density at radius 2 is 1.46 bits per heavy atom. The highest BCUT2D eigenvalue weighted by atomic mass is 16.5. The number of nitriles is 1. The molecular formula is C25H41NO2. The van der Waals surface area contributed by atoms with Gasteiger partial charge < -0.3 is 4.74 Å². The zero-order chi connectivity index (χ0) is 20.9. The SMILES string of the molecule is C=C(C)C(C#N)OC(=O)CCCCCCCCC/C=C\C/C=C\CCCCC. The van der Waals surface area contributed by atoms with Gasteiger partial charge in [-0.1, -0.05) is 82.8 Å². The van der Waals surface area contributed by atoms with Crippen LogP contribution in [0.5, 0.6) is 0 Å². The molecule has 1 unspecified atom stereocenters. The Kier molecular flexibility index (Phi) is 18.6. The van der Waals surface area contributed by atoms with E-state index >= 15 is 0 Å². The van der Waals surface area contributed by atoms with E-state index in [4.69, 9.17) is 10.00 Å². The van der Waals surface area contributed by atoms with E-state index in [9.17, 15) is 4.79 Å². The third kappa shape index (κ3) is 17.6. The molecule has 0 aromatic heterocycles. The van der Waals surface area contributed by atoms with Gasteiger partial charge in [-0.25, -0.2) is 0 Å². The molecule has 0 aliphatic heterocycles. The van der Waals surface area contributed by atoms with Gasteiger partial charge in [0.1, 0.15) is 6.07 Å². The zero-order valence-electron chi connectivity index (χ0n) is 18.3. The molecule has 3 nitrogen and oxygen atoms in total. The summed E-state index contributed by atoms with van der Waals surface area (Å²) < 4.78 is 5.08. The van der Waals surface area contributed by atoms with Crippen molar-refractivity contribution in [3.05, 3.63) is 36.5 Å². The molecule has 158 valence electrons. The van der Waals surface area contributed by atoms with E-state index in [2.05, 4.69) is 37.8 Å². The first kappa shape index (κ1) is 26.2. The maximum Gasteiger partial charge on any atom is 0.307 e. The molecule has 1 atom stereocenters. The van der Waals surface area contributed by atoms with Crippen LogP contribution in [-0.4, -0.2) is 12.1 Å². The Labute approximate surface area is 173 Å².